The number of rotatable bonds is 3. The monoisotopic (exact) mass is 316 g/mol. The third kappa shape index (κ3) is 1.65. The Morgan fingerprint density at radius 2 is 1.37 bits per heavy atom. The van der Waals surface area contributed by atoms with Crippen molar-refractivity contribution >= 4 is 21.9 Å². The van der Waals surface area contributed by atoms with Gasteiger partial charge in [-0.05, 0) is 17.5 Å². The largest absolute Gasteiger partial charge is 0.480 e. The minimum Gasteiger partial charge on any atom is -0.480 e. The quantitative estimate of drug-likeness (QED) is 0.878. The van der Waals surface area contributed by atoms with Crippen LogP contribution >= 0.6 is 15.9 Å². The molecular formula is C16H13BrO2. The molecular weight excluding hydrogens is 304 g/mol. The molecule has 0 aliphatic heterocycles. The molecule has 2 aromatic carbocycles. The van der Waals surface area contributed by atoms with E-state index < -0.39 is 15.7 Å². The van der Waals surface area contributed by atoms with Crippen LogP contribution in [0.2, 0.25) is 0 Å². The van der Waals surface area contributed by atoms with Crippen LogP contribution in [-0.4, -0.2) is 15.4 Å². The van der Waals surface area contributed by atoms with Crippen molar-refractivity contribution in [3.63, 3.8) is 0 Å². The van der Waals surface area contributed by atoms with Gasteiger partial charge < -0.3 is 5.11 Å². The summed E-state index contributed by atoms with van der Waals surface area (Å²) in [5, 5.41) is 9.52. The molecule has 0 aromatic heterocycles. The highest BCUT2D eigenvalue weighted by Crippen LogP contribution is 2.66. The van der Waals surface area contributed by atoms with Crippen molar-refractivity contribution in [1.82, 2.24) is 0 Å². The summed E-state index contributed by atoms with van der Waals surface area (Å²) in [6.07, 6.45) is 0.573. The number of benzene rings is 2. The molecule has 3 rings (SSSR count). The van der Waals surface area contributed by atoms with Gasteiger partial charge in [0.25, 0.3) is 0 Å². The second kappa shape index (κ2) is 4.20. The number of aliphatic carboxylic acids is 1. The molecule has 1 aliphatic rings. The van der Waals surface area contributed by atoms with Gasteiger partial charge >= 0.3 is 5.97 Å². The molecule has 0 bridgehead atoms. The van der Waals surface area contributed by atoms with E-state index in [0.717, 1.165) is 11.1 Å². The summed E-state index contributed by atoms with van der Waals surface area (Å²) in [5.41, 5.74) is 1.61. The number of alkyl halides is 1. The van der Waals surface area contributed by atoms with Crippen molar-refractivity contribution in [3.8, 4) is 0 Å². The maximum Gasteiger partial charge on any atom is 0.321 e. The highest BCUT2D eigenvalue weighted by Gasteiger charge is 2.72. The Morgan fingerprint density at radius 1 is 0.947 bits per heavy atom. The van der Waals surface area contributed by atoms with Gasteiger partial charge in [-0.25, -0.2) is 0 Å². The van der Waals surface area contributed by atoms with E-state index in [0.29, 0.717) is 6.42 Å². The fourth-order valence-electron chi connectivity index (χ4n) is 2.85. The van der Waals surface area contributed by atoms with Crippen LogP contribution in [0, 0.1) is 0 Å². The van der Waals surface area contributed by atoms with Crippen molar-refractivity contribution in [2.24, 2.45) is 0 Å². The van der Waals surface area contributed by atoms with Gasteiger partial charge in [0.15, 0.2) is 0 Å². The van der Waals surface area contributed by atoms with Crippen molar-refractivity contribution in [3.05, 3.63) is 71.8 Å². The Balaban J connectivity index is 2.18. The van der Waals surface area contributed by atoms with Gasteiger partial charge in [-0.3, -0.25) is 4.79 Å². The molecule has 2 nitrogen and oxygen atoms in total. The summed E-state index contributed by atoms with van der Waals surface area (Å²) < 4.78 is -0.900. The molecule has 0 saturated heterocycles. The van der Waals surface area contributed by atoms with Gasteiger partial charge in [0, 0.05) is 5.41 Å². The Hall–Kier alpha value is -1.61. The number of hydrogen-bond donors (Lipinski definition) is 1. The Kier molecular flexibility index (Phi) is 2.75. The average Bonchev–Trinajstić information content (AvgIpc) is 3.10. The van der Waals surface area contributed by atoms with Gasteiger partial charge in [-0.15, -0.1) is 0 Å². The molecule has 2 aromatic rings. The third-order valence-electron chi connectivity index (χ3n) is 3.93. The van der Waals surface area contributed by atoms with Crippen molar-refractivity contribution in [2.75, 3.05) is 0 Å². The SMILES string of the molecule is O=C(O)[C@]1(Br)CC1(c1ccccc1)c1ccccc1. The summed E-state index contributed by atoms with van der Waals surface area (Å²) in [6.45, 7) is 0. The summed E-state index contributed by atoms with van der Waals surface area (Å²) in [7, 11) is 0. The zero-order chi connectivity index (χ0) is 13.5. The van der Waals surface area contributed by atoms with E-state index in [1.165, 1.54) is 0 Å². The second-order valence-corrected chi connectivity index (χ2v) is 6.27. The van der Waals surface area contributed by atoms with E-state index in [4.69, 9.17) is 0 Å². The van der Waals surface area contributed by atoms with Crippen LogP contribution in [0.3, 0.4) is 0 Å². The fraction of sp³-hybridized carbons (Fsp3) is 0.188. The fourth-order valence-corrected chi connectivity index (χ4v) is 3.73. The Labute approximate surface area is 120 Å². The molecule has 0 radical (unpaired) electrons. The minimum atomic E-state index is -0.900. The highest BCUT2D eigenvalue weighted by atomic mass is 79.9. The molecule has 19 heavy (non-hydrogen) atoms. The number of carbonyl (C=O) groups is 1. The van der Waals surface area contributed by atoms with Crippen LogP contribution in [0.25, 0.3) is 0 Å². The topological polar surface area (TPSA) is 37.3 Å². The van der Waals surface area contributed by atoms with Crippen molar-refractivity contribution in [1.29, 1.82) is 0 Å². The summed E-state index contributed by atoms with van der Waals surface area (Å²) in [5.74, 6) is -0.805. The van der Waals surface area contributed by atoms with Crippen LogP contribution in [0.15, 0.2) is 60.7 Å². The van der Waals surface area contributed by atoms with E-state index in [-0.39, 0.29) is 0 Å². The molecule has 1 fully saturated rings. The van der Waals surface area contributed by atoms with Crippen LogP contribution < -0.4 is 0 Å². The maximum absolute atomic E-state index is 11.6. The van der Waals surface area contributed by atoms with Gasteiger partial charge in [0.05, 0.1) is 0 Å². The van der Waals surface area contributed by atoms with Crippen LogP contribution in [0.5, 0.6) is 0 Å². The predicted molar refractivity (Wildman–Crippen MR) is 77.6 cm³/mol. The molecule has 0 amide bonds. The molecule has 1 aliphatic carbocycles. The summed E-state index contributed by atoms with van der Waals surface area (Å²) in [4.78, 5) is 11.6. The number of carboxylic acid groups (broad SMARTS) is 1. The lowest BCUT2D eigenvalue weighted by molar-refractivity contribution is -0.137. The zero-order valence-corrected chi connectivity index (χ0v) is 11.8. The Morgan fingerprint density at radius 3 is 1.68 bits per heavy atom. The standard InChI is InChI=1S/C16H13BrO2/c17-16(14(18)19)11-15(16,12-7-3-1-4-8-12)13-9-5-2-6-10-13/h1-10H,11H2,(H,18,19)/t16-/m1/s1. The number of hydrogen-bond acceptors (Lipinski definition) is 1. The smallest absolute Gasteiger partial charge is 0.321 e. The predicted octanol–water partition coefficient (Wildman–Crippen LogP) is 3.59. The number of halogens is 1. The first-order valence-corrected chi connectivity index (χ1v) is 6.94. The molecule has 1 saturated carbocycles. The second-order valence-electron chi connectivity index (χ2n) is 4.92. The van der Waals surface area contributed by atoms with Gasteiger partial charge in [0.2, 0.25) is 0 Å². The third-order valence-corrected chi connectivity index (χ3v) is 5.23. The Bertz CT molecular complexity index is 570. The molecule has 1 atom stereocenters. The minimum absolute atomic E-state index is 0.471. The molecule has 0 unspecified atom stereocenters. The van der Waals surface area contributed by atoms with Crippen LogP contribution in [0.4, 0.5) is 0 Å². The maximum atomic E-state index is 11.6. The van der Waals surface area contributed by atoms with Crippen LogP contribution in [0.1, 0.15) is 17.5 Å². The van der Waals surface area contributed by atoms with E-state index in [1.807, 2.05) is 60.7 Å². The zero-order valence-electron chi connectivity index (χ0n) is 10.2. The van der Waals surface area contributed by atoms with Gasteiger partial charge in [0.1, 0.15) is 4.32 Å². The lowest BCUT2D eigenvalue weighted by Gasteiger charge is -2.20. The average molecular weight is 317 g/mol. The first kappa shape index (κ1) is 12.4. The lowest BCUT2D eigenvalue weighted by atomic mass is 9.85. The van der Waals surface area contributed by atoms with Crippen molar-refractivity contribution < 1.29 is 9.90 Å². The van der Waals surface area contributed by atoms with E-state index >= 15 is 0 Å². The first-order chi connectivity index (χ1) is 9.11. The first-order valence-electron chi connectivity index (χ1n) is 6.15. The molecule has 96 valence electrons. The van der Waals surface area contributed by atoms with Gasteiger partial charge in [-0.1, -0.05) is 76.6 Å². The molecule has 0 spiro atoms. The molecule has 1 N–H and O–H groups in total. The van der Waals surface area contributed by atoms with Gasteiger partial charge in [-0.2, -0.15) is 0 Å². The highest BCUT2D eigenvalue weighted by molar-refractivity contribution is 9.10. The molecule has 3 heteroatoms. The lowest BCUT2D eigenvalue weighted by Crippen LogP contribution is -2.27. The van der Waals surface area contributed by atoms with Crippen LogP contribution in [-0.2, 0) is 10.2 Å². The van der Waals surface area contributed by atoms with E-state index in [2.05, 4.69) is 15.9 Å². The number of carboxylic acids is 1. The normalized spacial score (nSPS) is 23.8. The van der Waals surface area contributed by atoms with E-state index in [1.54, 1.807) is 0 Å². The summed E-state index contributed by atoms with van der Waals surface area (Å²) in [6, 6.07) is 19.7. The van der Waals surface area contributed by atoms with Crippen molar-refractivity contribution in [2.45, 2.75) is 16.2 Å². The molecule has 0 heterocycles. The van der Waals surface area contributed by atoms with E-state index in [9.17, 15) is 9.90 Å². The summed E-state index contributed by atoms with van der Waals surface area (Å²) >= 11 is 3.45.